The van der Waals surface area contributed by atoms with E-state index in [0.29, 0.717) is 5.41 Å². The summed E-state index contributed by atoms with van der Waals surface area (Å²) in [5.74, 6) is 0.960. The van der Waals surface area contributed by atoms with Gasteiger partial charge in [-0.05, 0) is 37.0 Å². The van der Waals surface area contributed by atoms with Crippen molar-refractivity contribution in [1.29, 1.82) is 0 Å². The van der Waals surface area contributed by atoms with Crippen molar-refractivity contribution in [2.75, 3.05) is 19.6 Å². The van der Waals surface area contributed by atoms with Gasteiger partial charge in [0.15, 0.2) is 5.96 Å². The summed E-state index contributed by atoms with van der Waals surface area (Å²) in [7, 11) is 0. The maximum atomic E-state index is 5.94. The van der Waals surface area contributed by atoms with Crippen LogP contribution in [0.15, 0.2) is 29.3 Å². The van der Waals surface area contributed by atoms with Crippen LogP contribution >= 0.6 is 11.6 Å². The molecule has 0 atom stereocenters. The molecule has 0 radical (unpaired) electrons. The predicted octanol–water partition coefficient (Wildman–Crippen LogP) is 2.31. The zero-order valence-electron chi connectivity index (χ0n) is 10.4. The maximum absolute atomic E-state index is 5.94. The molecule has 1 heterocycles. The molecule has 1 aliphatic heterocycles. The van der Waals surface area contributed by atoms with Crippen LogP contribution in [0.5, 0.6) is 0 Å². The lowest BCUT2D eigenvalue weighted by atomic mass is 9.96. The highest BCUT2D eigenvalue weighted by molar-refractivity contribution is 6.30. The SMILES string of the molecule is Clc1ccc(C2(CNC3=NCCCN3)CC2)cc1. The molecular weight excluding hydrogens is 246 g/mol. The number of halogens is 1. The zero-order valence-corrected chi connectivity index (χ0v) is 11.1. The molecule has 1 aliphatic carbocycles. The molecule has 0 saturated heterocycles. The van der Waals surface area contributed by atoms with Crippen LogP contribution < -0.4 is 10.6 Å². The van der Waals surface area contributed by atoms with Gasteiger partial charge in [-0.2, -0.15) is 0 Å². The molecular formula is C14H18ClN3. The molecule has 0 unspecified atom stereocenters. The highest BCUT2D eigenvalue weighted by Gasteiger charge is 2.44. The third kappa shape index (κ3) is 2.46. The lowest BCUT2D eigenvalue weighted by molar-refractivity contribution is 0.629. The van der Waals surface area contributed by atoms with E-state index in [9.17, 15) is 0 Å². The largest absolute Gasteiger partial charge is 0.356 e. The summed E-state index contributed by atoms with van der Waals surface area (Å²) in [5.41, 5.74) is 1.68. The molecule has 0 spiro atoms. The molecule has 3 nitrogen and oxygen atoms in total. The van der Waals surface area contributed by atoms with E-state index in [2.05, 4.69) is 27.8 Å². The fourth-order valence-corrected chi connectivity index (χ4v) is 2.55. The number of guanidine groups is 1. The second-order valence-electron chi connectivity index (χ2n) is 5.15. The summed E-state index contributed by atoms with van der Waals surface area (Å²) < 4.78 is 0. The molecule has 1 fully saturated rings. The monoisotopic (exact) mass is 263 g/mol. The summed E-state index contributed by atoms with van der Waals surface area (Å²) in [6.45, 7) is 2.92. The molecule has 4 heteroatoms. The van der Waals surface area contributed by atoms with Crippen molar-refractivity contribution in [3.05, 3.63) is 34.9 Å². The topological polar surface area (TPSA) is 36.4 Å². The van der Waals surface area contributed by atoms with Crippen molar-refractivity contribution in [1.82, 2.24) is 10.6 Å². The number of hydrogen-bond donors (Lipinski definition) is 2. The summed E-state index contributed by atoms with van der Waals surface area (Å²) in [5, 5.41) is 7.55. The van der Waals surface area contributed by atoms with Gasteiger partial charge in [-0.3, -0.25) is 4.99 Å². The Bertz CT molecular complexity index is 449. The highest BCUT2D eigenvalue weighted by Crippen LogP contribution is 2.47. The van der Waals surface area contributed by atoms with Crippen LogP contribution in [0.4, 0.5) is 0 Å². The molecule has 3 rings (SSSR count). The number of rotatable bonds is 3. The lowest BCUT2D eigenvalue weighted by Crippen LogP contribution is -2.43. The van der Waals surface area contributed by atoms with Gasteiger partial charge in [0, 0.05) is 30.1 Å². The Morgan fingerprint density at radius 1 is 1.28 bits per heavy atom. The van der Waals surface area contributed by atoms with Crippen molar-refractivity contribution in [2.24, 2.45) is 4.99 Å². The molecule has 0 amide bonds. The zero-order chi connectivity index (χ0) is 12.4. The Balaban J connectivity index is 1.64. The van der Waals surface area contributed by atoms with Crippen LogP contribution in [0.2, 0.25) is 5.02 Å². The molecule has 18 heavy (non-hydrogen) atoms. The Morgan fingerprint density at radius 2 is 2.06 bits per heavy atom. The normalized spacial score (nSPS) is 20.8. The third-order valence-electron chi connectivity index (χ3n) is 3.80. The quantitative estimate of drug-likeness (QED) is 0.878. The molecule has 0 bridgehead atoms. The molecule has 1 saturated carbocycles. The van der Waals surface area contributed by atoms with Crippen molar-refractivity contribution in [3.63, 3.8) is 0 Å². The van der Waals surface area contributed by atoms with Crippen molar-refractivity contribution >= 4 is 17.6 Å². The van der Waals surface area contributed by atoms with Crippen molar-refractivity contribution in [2.45, 2.75) is 24.7 Å². The average molecular weight is 264 g/mol. The molecule has 2 aliphatic rings. The standard InChI is InChI=1S/C14H18ClN3/c15-12-4-2-11(3-5-12)14(6-7-14)10-18-13-16-8-1-9-17-13/h2-5H,1,6-10H2,(H2,16,17,18). The van der Waals surface area contributed by atoms with Gasteiger partial charge in [0.05, 0.1) is 0 Å². The minimum absolute atomic E-state index is 0.298. The second-order valence-corrected chi connectivity index (χ2v) is 5.59. The first-order valence-electron chi connectivity index (χ1n) is 6.57. The molecule has 96 valence electrons. The van der Waals surface area contributed by atoms with E-state index in [0.717, 1.165) is 37.0 Å². The van der Waals surface area contributed by atoms with Crippen molar-refractivity contribution < 1.29 is 0 Å². The van der Waals surface area contributed by atoms with E-state index in [1.165, 1.54) is 18.4 Å². The van der Waals surface area contributed by atoms with E-state index >= 15 is 0 Å². The maximum Gasteiger partial charge on any atom is 0.191 e. The van der Waals surface area contributed by atoms with Gasteiger partial charge in [0.1, 0.15) is 0 Å². The second kappa shape index (κ2) is 4.81. The number of nitrogens with zero attached hydrogens (tertiary/aromatic N) is 1. The van der Waals surface area contributed by atoms with Crippen molar-refractivity contribution in [3.8, 4) is 0 Å². The fourth-order valence-electron chi connectivity index (χ4n) is 2.43. The Kier molecular flexibility index (Phi) is 3.16. The highest BCUT2D eigenvalue weighted by atomic mass is 35.5. The molecule has 2 N–H and O–H groups in total. The number of benzene rings is 1. The van der Waals surface area contributed by atoms with Gasteiger partial charge in [0.25, 0.3) is 0 Å². The van der Waals surface area contributed by atoms with Gasteiger partial charge in [-0.25, -0.2) is 0 Å². The summed E-state index contributed by atoms with van der Waals surface area (Å²) in [6, 6.07) is 8.25. The van der Waals surface area contributed by atoms with E-state index in [1.807, 2.05) is 12.1 Å². The van der Waals surface area contributed by atoms with E-state index in [4.69, 9.17) is 11.6 Å². The Morgan fingerprint density at radius 3 is 2.67 bits per heavy atom. The van der Waals surface area contributed by atoms with Crippen LogP contribution in [0.1, 0.15) is 24.8 Å². The number of aliphatic imine (C=N–C) groups is 1. The smallest absolute Gasteiger partial charge is 0.191 e. The Hall–Kier alpha value is -1.22. The summed E-state index contributed by atoms with van der Waals surface area (Å²) in [6.07, 6.45) is 3.62. The van der Waals surface area contributed by atoms with Crippen LogP contribution in [0.3, 0.4) is 0 Å². The summed E-state index contributed by atoms with van der Waals surface area (Å²) >= 11 is 5.94. The first-order chi connectivity index (χ1) is 8.78. The van der Waals surface area contributed by atoms with Gasteiger partial charge in [-0.15, -0.1) is 0 Å². The van der Waals surface area contributed by atoms with Gasteiger partial charge in [-0.1, -0.05) is 23.7 Å². The van der Waals surface area contributed by atoms with Crippen LogP contribution in [0.25, 0.3) is 0 Å². The fraction of sp³-hybridized carbons (Fsp3) is 0.500. The van der Waals surface area contributed by atoms with Gasteiger partial charge < -0.3 is 10.6 Å². The first kappa shape index (κ1) is 11.8. The number of hydrogen-bond acceptors (Lipinski definition) is 3. The van der Waals surface area contributed by atoms with E-state index < -0.39 is 0 Å². The van der Waals surface area contributed by atoms with Crippen LogP contribution in [-0.2, 0) is 5.41 Å². The molecule has 0 aromatic heterocycles. The molecule has 1 aromatic rings. The predicted molar refractivity (Wildman–Crippen MR) is 75.3 cm³/mol. The third-order valence-corrected chi connectivity index (χ3v) is 4.05. The van der Waals surface area contributed by atoms with E-state index in [-0.39, 0.29) is 0 Å². The minimum atomic E-state index is 0.298. The number of nitrogens with one attached hydrogen (secondary N) is 2. The van der Waals surface area contributed by atoms with E-state index in [1.54, 1.807) is 0 Å². The lowest BCUT2D eigenvalue weighted by Gasteiger charge is -2.21. The van der Waals surface area contributed by atoms with Crippen LogP contribution in [-0.4, -0.2) is 25.6 Å². The first-order valence-corrected chi connectivity index (χ1v) is 6.95. The summed E-state index contributed by atoms with van der Waals surface area (Å²) in [4.78, 5) is 4.44. The minimum Gasteiger partial charge on any atom is -0.356 e. The van der Waals surface area contributed by atoms with Gasteiger partial charge >= 0.3 is 0 Å². The Labute approximate surface area is 113 Å². The molecule has 1 aromatic carbocycles. The van der Waals surface area contributed by atoms with Crippen LogP contribution in [0, 0.1) is 0 Å². The van der Waals surface area contributed by atoms with Gasteiger partial charge in [0.2, 0.25) is 0 Å². The average Bonchev–Trinajstić information content (AvgIpc) is 3.20.